The third-order valence-electron chi connectivity index (χ3n) is 3.85. The van der Waals surface area contributed by atoms with Gasteiger partial charge in [0.05, 0.1) is 21.2 Å². The molecule has 0 bridgehead atoms. The summed E-state index contributed by atoms with van der Waals surface area (Å²) in [5.74, 6) is -0.279. The molecule has 0 radical (unpaired) electrons. The number of anilines is 1. The van der Waals surface area contributed by atoms with E-state index >= 15 is 0 Å². The van der Waals surface area contributed by atoms with Crippen LogP contribution in [0.4, 0.5) is 5.69 Å². The van der Waals surface area contributed by atoms with Crippen LogP contribution in [-0.2, 0) is 10.0 Å². The van der Waals surface area contributed by atoms with E-state index in [1.807, 2.05) is 6.92 Å². The van der Waals surface area contributed by atoms with Crippen LogP contribution in [0.3, 0.4) is 0 Å². The maximum absolute atomic E-state index is 12.7. The second kappa shape index (κ2) is 8.75. The van der Waals surface area contributed by atoms with Crippen LogP contribution in [0.2, 0.25) is 10.0 Å². The standard InChI is InChI=1S/C18H20Cl2N2O3S/c1-3-4-11-21-18(23)16-10-7-14(12-17(16)20)22(2)26(24,25)15-8-5-13(19)6-9-15/h5-10,12H,3-4,11H2,1-2H3,(H,21,23). The Hall–Kier alpha value is -1.76. The van der Waals surface area contributed by atoms with Crippen molar-refractivity contribution >= 4 is 44.8 Å². The van der Waals surface area contributed by atoms with Crippen molar-refractivity contribution in [2.75, 3.05) is 17.9 Å². The molecule has 0 spiro atoms. The molecule has 8 heteroatoms. The summed E-state index contributed by atoms with van der Waals surface area (Å²) in [7, 11) is -2.33. The van der Waals surface area contributed by atoms with E-state index in [9.17, 15) is 13.2 Å². The van der Waals surface area contributed by atoms with Crippen LogP contribution in [0.25, 0.3) is 0 Å². The number of carbonyl (C=O) groups is 1. The summed E-state index contributed by atoms with van der Waals surface area (Å²) >= 11 is 12.0. The summed E-state index contributed by atoms with van der Waals surface area (Å²) < 4.78 is 26.5. The van der Waals surface area contributed by atoms with Crippen molar-refractivity contribution in [3.8, 4) is 0 Å². The van der Waals surface area contributed by atoms with Crippen molar-refractivity contribution in [2.24, 2.45) is 0 Å². The van der Waals surface area contributed by atoms with E-state index in [0.717, 1.165) is 17.1 Å². The highest BCUT2D eigenvalue weighted by atomic mass is 35.5. The van der Waals surface area contributed by atoms with Gasteiger partial charge in [0.1, 0.15) is 0 Å². The van der Waals surface area contributed by atoms with Crippen molar-refractivity contribution in [1.29, 1.82) is 0 Å². The van der Waals surface area contributed by atoms with Crippen molar-refractivity contribution in [3.63, 3.8) is 0 Å². The number of benzene rings is 2. The molecule has 2 aromatic carbocycles. The van der Waals surface area contributed by atoms with Gasteiger partial charge in [-0.1, -0.05) is 36.5 Å². The zero-order valence-corrected chi connectivity index (χ0v) is 16.8. The molecule has 0 aliphatic rings. The number of amides is 1. The van der Waals surface area contributed by atoms with Crippen LogP contribution in [0.15, 0.2) is 47.4 Å². The highest BCUT2D eigenvalue weighted by molar-refractivity contribution is 7.92. The SMILES string of the molecule is CCCCNC(=O)c1ccc(N(C)S(=O)(=O)c2ccc(Cl)cc2)cc1Cl. The zero-order chi connectivity index (χ0) is 19.3. The number of rotatable bonds is 7. The van der Waals surface area contributed by atoms with Gasteiger partial charge in [-0.15, -0.1) is 0 Å². The summed E-state index contributed by atoms with van der Waals surface area (Å²) in [6.07, 6.45) is 1.85. The molecule has 1 N–H and O–H groups in total. The van der Waals surface area contributed by atoms with E-state index in [1.54, 1.807) is 6.07 Å². The molecule has 5 nitrogen and oxygen atoms in total. The lowest BCUT2D eigenvalue weighted by atomic mass is 10.2. The first-order valence-corrected chi connectivity index (χ1v) is 10.3. The minimum Gasteiger partial charge on any atom is -0.352 e. The number of unbranched alkanes of at least 4 members (excludes halogenated alkanes) is 1. The van der Waals surface area contributed by atoms with Crippen LogP contribution in [0.1, 0.15) is 30.1 Å². The van der Waals surface area contributed by atoms with E-state index in [0.29, 0.717) is 22.8 Å². The Morgan fingerprint density at radius 2 is 1.77 bits per heavy atom. The topological polar surface area (TPSA) is 66.5 Å². The largest absolute Gasteiger partial charge is 0.352 e. The van der Waals surface area contributed by atoms with Crippen molar-refractivity contribution in [2.45, 2.75) is 24.7 Å². The normalized spacial score (nSPS) is 11.2. The van der Waals surface area contributed by atoms with Gasteiger partial charge in [-0.3, -0.25) is 9.10 Å². The molecule has 0 atom stereocenters. The molecule has 140 valence electrons. The van der Waals surface area contributed by atoms with Gasteiger partial charge in [0, 0.05) is 18.6 Å². The molecule has 26 heavy (non-hydrogen) atoms. The molecule has 2 rings (SSSR count). The first-order valence-electron chi connectivity index (χ1n) is 8.09. The first-order chi connectivity index (χ1) is 12.3. The maximum Gasteiger partial charge on any atom is 0.264 e. The third-order valence-corrected chi connectivity index (χ3v) is 6.21. The van der Waals surface area contributed by atoms with Gasteiger partial charge in [-0.2, -0.15) is 0 Å². The fraction of sp³-hybridized carbons (Fsp3) is 0.278. The Morgan fingerprint density at radius 3 is 2.35 bits per heavy atom. The molecule has 0 saturated heterocycles. The fourth-order valence-electron chi connectivity index (χ4n) is 2.26. The van der Waals surface area contributed by atoms with Gasteiger partial charge in [-0.25, -0.2) is 8.42 Å². The molecule has 0 fully saturated rings. The number of hydrogen-bond donors (Lipinski definition) is 1. The highest BCUT2D eigenvalue weighted by Crippen LogP contribution is 2.27. The van der Waals surface area contributed by atoms with Crippen LogP contribution < -0.4 is 9.62 Å². The Kier molecular flexibility index (Phi) is 6.92. The molecular weight excluding hydrogens is 395 g/mol. The van der Waals surface area contributed by atoms with Gasteiger partial charge in [0.25, 0.3) is 15.9 Å². The van der Waals surface area contributed by atoms with E-state index in [4.69, 9.17) is 23.2 Å². The Morgan fingerprint density at radius 1 is 1.12 bits per heavy atom. The summed E-state index contributed by atoms with van der Waals surface area (Å²) in [6, 6.07) is 10.4. The van der Waals surface area contributed by atoms with Gasteiger partial charge in [-0.05, 0) is 48.9 Å². The number of nitrogens with zero attached hydrogens (tertiary/aromatic N) is 1. The Labute approximate surface area is 164 Å². The lowest BCUT2D eigenvalue weighted by Gasteiger charge is -2.20. The van der Waals surface area contributed by atoms with Gasteiger partial charge < -0.3 is 5.32 Å². The molecule has 2 aromatic rings. The van der Waals surface area contributed by atoms with Gasteiger partial charge in [0.2, 0.25) is 0 Å². The van der Waals surface area contributed by atoms with E-state index in [1.165, 1.54) is 43.4 Å². The maximum atomic E-state index is 12.7. The van der Waals surface area contributed by atoms with E-state index in [2.05, 4.69) is 5.32 Å². The predicted molar refractivity (Wildman–Crippen MR) is 106 cm³/mol. The zero-order valence-electron chi connectivity index (χ0n) is 14.5. The van der Waals surface area contributed by atoms with E-state index in [-0.39, 0.29) is 15.8 Å². The van der Waals surface area contributed by atoms with Crippen molar-refractivity contribution in [3.05, 3.63) is 58.1 Å². The van der Waals surface area contributed by atoms with Crippen LogP contribution in [0.5, 0.6) is 0 Å². The summed E-state index contributed by atoms with van der Waals surface area (Å²) in [5, 5.41) is 3.42. The smallest absolute Gasteiger partial charge is 0.264 e. The molecular formula is C18H20Cl2N2O3S. The van der Waals surface area contributed by atoms with Crippen molar-refractivity contribution in [1.82, 2.24) is 5.32 Å². The first kappa shape index (κ1) is 20.6. The lowest BCUT2D eigenvalue weighted by molar-refractivity contribution is 0.0953. The highest BCUT2D eigenvalue weighted by Gasteiger charge is 2.22. The lowest BCUT2D eigenvalue weighted by Crippen LogP contribution is -2.27. The Bertz CT molecular complexity index is 884. The predicted octanol–water partition coefficient (Wildman–Crippen LogP) is 4.35. The molecule has 0 unspecified atom stereocenters. The monoisotopic (exact) mass is 414 g/mol. The summed E-state index contributed by atoms with van der Waals surface area (Å²) in [6.45, 7) is 2.60. The van der Waals surface area contributed by atoms with Crippen LogP contribution in [0, 0.1) is 0 Å². The van der Waals surface area contributed by atoms with Crippen LogP contribution in [-0.4, -0.2) is 27.9 Å². The van der Waals surface area contributed by atoms with E-state index < -0.39 is 10.0 Å². The number of carbonyl (C=O) groups excluding carboxylic acids is 1. The van der Waals surface area contributed by atoms with Gasteiger partial charge in [0.15, 0.2) is 0 Å². The molecule has 0 aromatic heterocycles. The number of sulfonamides is 1. The number of nitrogens with one attached hydrogen (secondary N) is 1. The van der Waals surface area contributed by atoms with Gasteiger partial charge >= 0.3 is 0 Å². The number of halogens is 2. The Balaban J connectivity index is 2.24. The quantitative estimate of drug-likeness (QED) is 0.684. The second-order valence-corrected chi connectivity index (χ2v) is 8.51. The third kappa shape index (κ3) is 4.69. The molecule has 0 aliphatic heterocycles. The van der Waals surface area contributed by atoms with Crippen LogP contribution >= 0.6 is 23.2 Å². The second-order valence-electron chi connectivity index (χ2n) is 5.70. The average Bonchev–Trinajstić information content (AvgIpc) is 2.61. The molecule has 0 saturated carbocycles. The minimum absolute atomic E-state index is 0.113. The van der Waals surface area contributed by atoms with Crippen molar-refractivity contribution < 1.29 is 13.2 Å². The summed E-state index contributed by atoms with van der Waals surface area (Å²) in [5.41, 5.74) is 0.666. The average molecular weight is 415 g/mol. The molecule has 0 aliphatic carbocycles. The number of hydrogen-bond acceptors (Lipinski definition) is 3. The fourth-order valence-corrected chi connectivity index (χ4v) is 3.84. The summed E-state index contributed by atoms with van der Waals surface area (Å²) in [4.78, 5) is 12.2. The molecule has 1 amide bonds. The minimum atomic E-state index is -3.76. The molecule has 0 heterocycles.